The van der Waals surface area contributed by atoms with Gasteiger partial charge in [0.1, 0.15) is 5.69 Å². The van der Waals surface area contributed by atoms with Crippen molar-refractivity contribution < 1.29 is 4.79 Å². The van der Waals surface area contributed by atoms with Crippen molar-refractivity contribution in [2.45, 2.75) is 6.92 Å². The minimum atomic E-state index is -0.161. The summed E-state index contributed by atoms with van der Waals surface area (Å²) in [4.78, 5) is 12.3. The lowest BCUT2D eigenvalue weighted by atomic mass is 10.1. The Balaban J connectivity index is 1.74. The summed E-state index contributed by atoms with van der Waals surface area (Å²) in [5.41, 5.74) is 4.60. The zero-order chi connectivity index (χ0) is 16.9. The Hall–Kier alpha value is -3.14. The van der Waals surface area contributed by atoms with Gasteiger partial charge in [-0.25, -0.2) is 0 Å². The summed E-state index contributed by atoms with van der Waals surface area (Å²) in [5.74, 6) is -0.161. The van der Waals surface area contributed by atoms with Gasteiger partial charge in [-0.15, -0.1) is 0 Å². The molecule has 1 N–H and O–H groups in total. The van der Waals surface area contributed by atoms with E-state index in [9.17, 15) is 4.79 Å². The van der Waals surface area contributed by atoms with E-state index in [2.05, 4.69) is 40.8 Å². The molecule has 0 saturated heterocycles. The van der Waals surface area contributed by atoms with Gasteiger partial charge in [-0.2, -0.15) is 5.10 Å². The monoisotopic (exact) mass is 317 g/mol. The Morgan fingerprint density at radius 1 is 1.04 bits per heavy atom. The molecule has 0 fully saturated rings. The van der Waals surface area contributed by atoms with E-state index >= 15 is 0 Å². The normalized spacial score (nSPS) is 10.9. The lowest BCUT2D eigenvalue weighted by Crippen LogP contribution is -2.16. The molecule has 1 aromatic heterocycles. The van der Waals surface area contributed by atoms with E-state index in [1.165, 1.54) is 0 Å². The summed E-state index contributed by atoms with van der Waals surface area (Å²) in [6.07, 6.45) is 5.75. The largest absolute Gasteiger partial charge is 0.320 e. The molecule has 0 aliphatic carbocycles. The van der Waals surface area contributed by atoms with Crippen LogP contribution in [-0.4, -0.2) is 15.7 Å². The molecule has 4 heteroatoms. The van der Waals surface area contributed by atoms with Crippen LogP contribution in [0.25, 0.3) is 12.2 Å². The average molecular weight is 317 g/mol. The van der Waals surface area contributed by atoms with E-state index < -0.39 is 0 Å². The van der Waals surface area contributed by atoms with Crippen molar-refractivity contribution in [3.63, 3.8) is 0 Å². The lowest BCUT2D eigenvalue weighted by Gasteiger charge is -2.09. The van der Waals surface area contributed by atoms with E-state index in [1.807, 2.05) is 37.3 Å². The smallest absolute Gasteiger partial charge is 0.273 e. The van der Waals surface area contributed by atoms with Crippen molar-refractivity contribution in [2.75, 3.05) is 5.32 Å². The number of aromatic nitrogens is 2. The Bertz CT molecular complexity index is 879. The predicted molar refractivity (Wildman–Crippen MR) is 97.7 cm³/mol. The highest BCUT2D eigenvalue weighted by molar-refractivity contribution is 6.03. The first-order valence-corrected chi connectivity index (χ1v) is 7.76. The summed E-state index contributed by atoms with van der Waals surface area (Å²) in [6.45, 7) is 1.98. The van der Waals surface area contributed by atoms with Crippen LogP contribution in [-0.2, 0) is 7.05 Å². The Kier molecular flexibility index (Phi) is 4.57. The molecule has 3 aromatic rings. The molecule has 2 aromatic carbocycles. The number of carbonyl (C=O) groups is 1. The Morgan fingerprint density at radius 3 is 2.46 bits per heavy atom. The van der Waals surface area contributed by atoms with Crippen LogP contribution in [0.3, 0.4) is 0 Å². The summed E-state index contributed by atoms with van der Waals surface area (Å²) in [7, 11) is 1.75. The molecule has 1 heterocycles. The van der Waals surface area contributed by atoms with Crippen molar-refractivity contribution in [3.05, 3.63) is 83.2 Å². The van der Waals surface area contributed by atoms with Crippen LogP contribution < -0.4 is 5.32 Å². The third-order valence-electron chi connectivity index (χ3n) is 3.82. The van der Waals surface area contributed by atoms with Crippen molar-refractivity contribution in [3.8, 4) is 0 Å². The van der Waals surface area contributed by atoms with Gasteiger partial charge in [-0.3, -0.25) is 9.48 Å². The standard InChI is InChI=1S/C20H19N3O/c1-15-14-17(9-8-16-6-4-3-5-7-16)10-11-18(15)22-20(24)19-12-13-21-23(19)2/h3-14H,1-2H3,(H,22,24)/b9-8+. The van der Waals surface area contributed by atoms with E-state index in [0.29, 0.717) is 5.69 Å². The molecular weight excluding hydrogens is 298 g/mol. The third kappa shape index (κ3) is 3.60. The van der Waals surface area contributed by atoms with E-state index in [-0.39, 0.29) is 5.91 Å². The first-order chi connectivity index (χ1) is 11.6. The molecule has 0 aliphatic rings. The van der Waals surface area contributed by atoms with Gasteiger partial charge in [0, 0.05) is 18.9 Å². The van der Waals surface area contributed by atoms with Gasteiger partial charge in [0.25, 0.3) is 5.91 Å². The maximum absolute atomic E-state index is 12.3. The first kappa shape index (κ1) is 15.7. The fraction of sp³-hybridized carbons (Fsp3) is 0.100. The van der Waals surface area contributed by atoms with Crippen LogP contribution >= 0.6 is 0 Å². The predicted octanol–water partition coefficient (Wildman–Crippen LogP) is 4.15. The number of nitrogens with zero attached hydrogens (tertiary/aromatic N) is 2. The molecular formula is C20H19N3O. The first-order valence-electron chi connectivity index (χ1n) is 7.76. The number of hydrogen-bond acceptors (Lipinski definition) is 2. The van der Waals surface area contributed by atoms with Crippen molar-refractivity contribution in [2.24, 2.45) is 7.05 Å². The average Bonchev–Trinajstić information content (AvgIpc) is 3.02. The minimum Gasteiger partial charge on any atom is -0.320 e. The van der Waals surface area contributed by atoms with E-state index in [4.69, 9.17) is 0 Å². The molecule has 0 atom stereocenters. The van der Waals surface area contributed by atoms with Gasteiger partial charge in [0.15, 0.2) is 0 Å². The summed E-state index contributed by atoms with van der Waals surface area (Å²) in [5, 5.41) is 6.95. The topological polar surface area (TPSA) is 46.9 Å². The maximum Gasteiger partial charge on any atom is 0.273 e. The second kappa shape index (κ2) is 6.96. The fourth-order valence-corrected chi connectivity index (χ4v) is 2.47. The zero-order valence-corrected chi connectivity index (χ0v) is 13.7. The molecule has 0 unspecified atom stereocenters. The molecule has 1 amide bonds. The minimum absolute atomic E-state index is 0.161. The number of hydrogen-bond donors (Lipinski definition) is 1. The second-order valence-electron chi connectivity index (χ2n) is 5.61. The van der Waals surface area contributed by atoms with Gasteiger partial charge in [0.2, 0.25) is 0 Å². The van der Waals surface area contributed by atoms with E-state index in [0.717, 1.165) is 22.4 Å². The number of carbonyl (C=O) groups excluding carboxylic acids is 1. The van der Waals surface area contributed by atoms with Crippen molar-refractivity contribution >= 4 is 23.7 Å². The molecule has 4 nitrogen and oxygen atoms in total. The Labute approximate surface area is 141 Å². The number of benzene rings is 2. The van der Waals surface area contributed by atoms with E-state index in [1.54, 1.807) is 24.0 Å². The van der Waals surface area contributed by atoms with Crippen LogP contribution in [0.5, 0.6) is 0 Å². The van der Waals surface area contributed by atoms with Crippen molar-refractivity contribution in [1.82, 2.24) is 9.78 Å². The van der Waals surface area contributed by atoms with Crippen LogP contribution in [0.1, 0.15) is 27.2 Å². The highest BCUT2D eigenvalue weighted by Crippen LogP contribution is 2.19. The summed E-state index contributed by atoms with van der Waals surface area (Å²) >= 11 is 0. The van der Waals surface area contributed by atoms with Crippen LogP contribution in [0.2, 0.25) is 0 Å². The molecule has 24 heavy (non-hydrogen) atoms. The summed E-state index contributed by atoms with van der Waals surface area (Å²) in [6, 6.07) is 17.8. The molecule has 0 bridgehead atoms. The second-order valence-corrected chi connectivity index (χ2v) is 5.61. The summed E-state index contributed by atoms with van der Waals surface area (Å²) < 4.78 is 1.56. The van der Waals surface area contributed by atoms with Gasteiger partial charge < -0.3 is 5.32 Å². The zero-order valence-electron chi connectivity index (χ0n) is 13.7. The van der Waals surface area contributed by atoms with Crippen molar-refractivity contribution in [1.29, 1.82) is 0 Å². The molecule has 3 rings (SSSR count). The number of anilines is 1. The van der Waals surface area contributed by atoms with Crippen LogP contribution in [0, 0.1) is 6.92 Å². The molecule has 0 saturated carbocycles. The third-order valence-corrected chi connectivity index (χ3v) is 3.82. The van der Waals surface area contributed by atoms with Gasteiger partial charge >= 0.3 is 0 Å². The number of aryl methyl sites for hydroxylation is 2. The highest BCUT2D eigenvalue weighted by Gasteiger charge is 2.11. The SMILES string of the molecule is Cc1cc(/C=C/c2ccccc2)ccc1NC(=O)c1ccnn1C. The van der Waals surface area contributed by atoms with Gasteiger partial charge in [-0.05, 0) is 41.8 Å². The number of amides is 1. The molecule has 120 valence electrons. The Morgan fingerprint density at radius 2 is 1.79 bits per heavy atom. The molecule has 0 spiro atoms. The highest BCUT2D eigenvalue weighted by atomic mass is 16.2. The number of rotatable bonds is 4. The van der Waals surface area contributed by atoms with Crippen LogP contribution in [0.4, 0.5) is 5.69 Å². The molecule has 0 radical (unpaired) electrons. The lowest BCUT2D eigenvalue weighted by molar-refractivity contribution is 0.101. The molecule has 0 aliphatic heterocycles. The fourth-order valence-electron chi connectivity index (χ4n) is 2.47. The number of nitrogens with one attached hydrogen (secondary N) is 1. The van der Waals surface area contributed by atoms with Gasteiger partial charge in [-0.1, -0.05) is 48.6 Å². The maximum atomic E-state index is 12.3. The van der Waals surface area contributed by atoms with Crippen LogP contribution in [0.15, 0.2) is 60.8 Å². The van der Waals surface area contributed by atoms with Gasteiger partial charge in [0.05, 0.1) is 0 Å². The quantitative estimate of drug-likeness (QED) is 0.735.